The van der Waals surface area contributed by atoms with Gasteiger partial charge in [-0.05, 0) is 28.6 Å². The first kappa shape index (κ1) is 17.4. The molecule has 0 saturated heterocycles. The van der Waals surface area contributed by atoms with Crippen molar-refractivity contribution in [3.63, 3.8) is 0 Å². The molecule has 0 aliphatic rings. The van der Waals surface area contributed by atoms with Crippen LogP contribution in [-0.4, -0.2) is 12.6 Å². The first-order valence-corrected chi connectivity index (χ1v) is 9.67. The van der Waals surface area contributed by atoms with E-state index >= 15 is 0 Å². The highest BCUT2D eigenvalue weighted by atomic mass is 16.5. The maximum atomic E-state index is 13.6. The Morgan fingerprint density at radius 2 is 1.31 bits per heavy atom. The van der Waals surface area contributed by atoms with Gasteiger partial charge in [-0.2, -0.15) is 0 Å². The van der Waals surface area contributed by atoms with Crippen molar-refractivity contribution >= 4 is 38.3 Å². The Labute approximate surface area is 167 Å². The molecule has 3 nitrogen and oxygen atoms in total. The maximum Gasteiger partial charge on any atom is 0.339 e. The van der Waals surface area contributed by atoms with Crippen LogP contribution < -0.4 is 5.43 Å². The van der Waals surface area contributed by atoms with Gasteiger partial charge in [0.1, 0.15) is 0 Å². The molecule has 0 fully saturated rings. The van der Waals surface area contributed by atoms with E-state index in [9.17, 15) is 9.59 Å². The first-order valence-electron chi connectivity index (χ1n) is 9.67. The fourth-order valence-corrected chi connectivity index (χ4v) is 4.29. The summed E-state index contributed by atoms with van der Waals surface area (Å²) in [7, 11) is 0. The van der Waals surface area contributed by atoms with E-state index in [-0.39, 0.29) is 12.0 Å². The summed E-state index contributed by atoms with van der Waals surface area (Å²) in [5, 5.41) is 4.67. The normalized spacial score (nSPS) is 11.3. The van der Waals surface area contributed by atoms with Crippen LogP contribution in [0.2, 0.25) is 0 Å². The summed E-state index contributed by atoms with van der Waals surface area (Å²) in [6, 6.07) is 25.0. The van der Waals surface area contributed by atoms with E-state index < -0.39 is 5.97 Å². The minimum absolute atomic E-state index is 0.0568. The summed E-state index contributed by atoms with van der Waals surface area (Å²) in [4.78, 5) is 26.7. The number of hydrogen-bond donors (Lipinski definition) is 0. The van der Waals surface area contributed by atoms with Crippen molar-refractivity contribution in [1.82, 2.24) is 0 Å². The van der Waals surface area contributed by atoms with Gasteiger partial charge in [0.05, 0.1) is 12.2 Å². The zero-order valence-corrected chi connectivity index (χ0v) is 15.9. The Balaban J connectivity index is 2.12. The van der Waals surface area contributed by atoms with Crippen molar-refractivity contribution in [2.75, 3.05) is 6.61 Å². The fraction of sp³-hybridized carbons (Fsp3) is 0.0769. The first-order chi connectivity index (χ1) is 14.2. The molecule has 0 atom stereocenters. The summed E-state index contributed by atoms with van der Waals surface area (Å²) in [5.74, 6) is -0.404. The highest BCUT2D eigenvalue weighted by molar-refractivity contribution is 6.31. The minimum Gasteiger partial charge on any atom is -0.462 e. The number of hydrogen-bond acceptors (Lipinski definition) is 3. The summed E-state index contributed by atoms with van der Waals surface area (Å²) in [6.45, 7) is 2.06. The Morgan fingerprint density at radius 1 is 0.724 bits per heavy atom. The number of carbonyl (C=O) groups excluding carboxylic acids is 1. The van der Waals surface area contributed by atoms with Crippen molar-refractivity contribution < 1.29 is 9.53 Å². The Hall–Kier alpha value is -3.72. The largest absolute Gasteiger partial charge is 0.462 e. The molecule has 0 aliphatic heterocycles. The van der Waals surface area contributed by atoms with Gasteiger partial charge in [-0.15, -0.1) is 0 Å². The molecule has 0 unspecified atom stereocenters. The lowest BCUT2D eigenvalue weighted by atomic mass is 9.97. The van der Waals surface area contributed by atoms with E-state index in [2.05, 4.69) is 0 Å². The van der Waals surface area contributed by atoms with Crippen LogP contribution in [0.3, 0.4) is 0 Å². The lowest BCUT2D eigenvalue weighted by Crippen LogP contribution is -2.06. The molecular weight excluding hydrogens is 360 g/mol. The molecule has 3 heteroatoms. The van der Waals surface area contributed by atoms with E-state index in [1.54, 1.807) is 6.92 Å². The van der Waals surface area contributed by atoms with Crippen LogP contribution in [0.4, 0.5) is 0 Å². The lowest BCUT2D eigenvalue weighted by Gasteiger charge is -2.07. The molecule has 0 saturated carbocycles. The van der Waals surface area contributed by atoms with Gasteiger partial charge >= 0.3 is 5.97 Å². The van der Waals surface area contributed by atoms with E-state index in [1.807, 2.05) is 78.9 Å². The molecule has 0 spiro atoms. The summed E-state index contributed by atoms with van der Waals surface area (Å²) >= 11 is 0. The van der Waals surface area contributed by atoms with Gasteiger partial charge in [0.25, 0.3) is 0 Å². The third-order valence-corrected chi connectivity index (χ3v) is 5.43. The van der Waals surface area contributed by atoms with E-state index in [4.69, 9.17) is 4.74 Å². The molecule has 0 bridgehead atoms. The quantitative estimate of drug-likeness (QED) is 0.373. The molecule has 0 aromatic heterocycles. The number of carbonyl (C=O) groups is 1. The molecule has 0 heterocycles. The number of esters is 1. The average Bonchev–Trinajstić information content (AvgIpc) is 2.94. The van der Waals surface area contributed by atoms with Crippen molar-refractivity contribution in [2.45, 2.75) is 6.92 Å². The SMILES string of the molecule is CCOC(=O)c1c(-c2ccccc2)c2c(=O)c3ccccc3c3ccccc1c23. The fourth-order valence-electron chi connectivity index (χ4n) is 4.29. The number of ether oxygens (including phenoxy) is 1. The molecular formula is C26H18O3. The summed E-state index contributed by atoms with van der Waals surface area (Å²) < 4.78 is 5.41. The second-order valence-corrected chi connectivity index (χ2v) is 7.01. The van der Waals surface area contributed by atoms with Crippen LogP contribution >= 0.6 is 0 Å². The van der Waals surface area contributed by atoms with E-state index in [0.29, 0.717) is 21.9 Å². The average molecular weight is 378 g/mol. The second kappa shape index (κ2) is 6.71. The molecule has 29 heavy (non-hydrogen) atoms. The van der Waals surface area contributed by atoms with Crippen molar-refractivity contribution in [1.29, 1.82) is 0 Å². The van der Waals surface area contributed by atoms with Crippen molar-refractivity contribution in [3.8, 4) is 11.1 Å². The van der Waals surface area contributed by atoms with Crippen LogP contribution in [0.15, 0.2) is 83.7 Å². The Bertz CT molecular complexity index is 1440. The lowest BCUT2D eigenvalue weighted by molar-refractivity contribution is 0.0530. The molecule has 5 aromatic carbocycles. The monoisotopic (exact) mass is 378 g/mol. The third kappa shape index (κ3) is 2.51. The van der Waals surface area contributed by atoms with Gasteiger partial charge < -0.3 is 4.74 Å². The topological polar surface area (TPSA) is 43.4 Å². The number of rotatable bonds is 3. The Kier molecular flexibility index (Phi) is 4.02. The van der Waals surface area contributed by atoms with Crippen LogP contribution in [0.5, 0.6) is 0 Å². The maximum absolute atomic E-state index is 13.6. The predicted octanol–water partition coefficient (Wildman–Crippen LogP) is 5.79. The zero-order valence-electron chi connectivity index (χ0n) is 15.9. The van der Waals surface area contributed by atoms with Gasteiger partial charge in [-0.25, -0.2) is 4.79 Å². The standard InChI is InChI=1S/C26H18O3/c1-2-29-26(28)23-20-15-9-7-13-18-17-12-6-8-14-19(17)25(27)24(22(18)20)21(23)16-10-4-3-5-11-16/h3-15H,2H2,1H3. The molecule has 0 amide bonds. The molecule has 5 rings (SSSR count). The second-order valence-electron chi connectivity index (χ2n) is 7.01. The summed E-state index contributed by atoms with van der Waals surface area (Å²) in [5.41, 5.74) is 1.90. The van der Waals surface area contributed by atoms with Gasteiger partial charge in [0, 0.05) is 21.7 Å². The van der Waals surface area contributed by atoms with Gasteiger partial charge in [-0.3, -0.25) is 4.79 Å². The van der Waals surface area contributed by atoms with Crippen LogP contribution in [0, 0.1) is 0 Å². The number of benzene rings is 3. The van der Waals surface area contributed by atoms with Gasteiger partial charge in [0.15, 0.2) is 5.43 Å². The predicted molar refractivity (Wildman–Crippen MR) is 118 cm³/mol. The molecule has 5 aromatic rings. The van der Waals surface area contributed by atoms with Gasteiger partial charge in [0.2, 0.25) is 0 Å². The third-order valence-electron chi connectivity index (χ3n) is 5.43. The molecule has 0 radical (unpaired) electrons. The molecule has 140 valence electrons. The van der Waals surface area contributed by atoms with Crippen molar-refractivity contribution in [2.24, 2.45) is 0 Å². The highest BCUT2D eigenvalue weighted by Gasteiger charge is 2.26. The minimum atomic E-state index is -0.404. The van der Waals surface area contributed by atoms with Crippen LogP contribution in [0.1, 0.15) is 17.3 Å². The van der Waals surface area contributed by atoms with Crippen molar-refractivity contribution in [3.05, 3.63) is 94.6 Å². The van der Waals surface area contributed by atoms with Crippen LogP contribution in [-0.2, 0) is 4.74 Å². The zero-order chi connectivity index (χ0) is 20.0. The number of fused-ring (bicyclic) bond motifs is 2. The highest BCUT2D eigenvalue weighted by Crippen LogP contribution is 2.42. The van der Waals surface area contributed by atoms with Gasteiger partial charge in [-0.1, -0.05) is 78.9 Å². The Morgan fingerprint density at radius 3 is 2.00 bits per heavy atom. The van der Waals surface area contributed by atoms with E-state index in [1.165, 1.54) is 0 Å². The van der Waals surface area contributed by atoms with Crippen LogP contribution in [0.25, 0.3) is 43.4 Å². The summed E-state index contributed by atoms with van der Waals surface area (Å²) in [6.07, 6.45) is 0. The molecule has 0 N–H and O–H groups in total. The van der Waals surface area contributed by atoms with E-state index in [0.717, 1.165) is 27.1 Å². The smallest absolute Gasteiger partial charge is 0.339 e. The molecule has 0 aliphatic carbocycles.